The molecule has 1 aliphatic rings. The number of benzene rings is 1. The summed E-state index contributed by atoms with van der Waals surface area (Å²) in [5, 5.41) is 14.8. The maximum atomic E-state index is 14.7. The van der Waals surface area contributed by atoms with Crippen molar-refractivity contribution in [3.8, 4) is 39.5 Å². The number of carbonyl (C=O) groups is 1. The maximum absolute atomic E-state index is 14.7. The normalized spacial score (nSPS) is 13.9. The number of aromatic nitrogens is 6. The smallest absolute Gasteiger partial charge is 0.224 e. The van der Waals surface area contributed by atoms with E-state index in [4.69, 9.17) is 9.72 Å². The minimum Gasteiger partial charge on any atom is -0.492 e. The van der Waals surface area contributed by atoms with Gasteiger partial charge in [-0.3, -0.25) is 14.9 Å². The highest BCUT2D eigenvalue weighted by atomic mass is 19.1. The predicted molar refractivity (Wildman–Crippen MR) is 180 cm³/mol. The number of anilines is 1. The number of carbonyl (C=O) groups excluding carboxylic acids is 1. The lowest BCUT2D eigenvalue weighted by Crippen LogP contribution is -2.30. The first-order valence-electron chi connectivity index (χ1n) is 15.8. The van der Waals surface area contributed by atoms with Crippen molar-refractivity contribution in [1.82, 2.24) is 40.3 Å². The molecular weight excluding hydrogens is 597 g/mol. The Hall–Kier alpha value is -5.20. The third kappa shape index (κ3) is 6.83. The fraction of sp³-hybridized carbons (Fsp3) is 0.286. The van der Waals surface area contributed by atoms with E-state index in [1.165, 1.54) is 12.1 Å². The molecule has 0 saturated carbocycles. The van der Waals surface area contributed by atoms with Gasteiger partial charge < -0.3 is 25.3 Å². The number of hydrogen-bond acceptors (Lipinski definition) is 8. The minimum absolute atomic E-state index is 0.00510. The molecule has 0 bridgehead atoms. The van der Waals surface area contributed by atoms with Crippen molar-refractivity contribution in [2.45, 2.75) is 19.3 Å². The van der Waals surface area contributed by atoms with E-state index < -0.39 is 0 Å². The van der Waals surface area contributed by atoms with Crippen LogP contribution in [0.5, 0.6) is 5.75 Å². The molecule has 0 radical (unpaired) electrons. The lowest BCUT2D eigenvalue weighted by Gasteiger charge is -2.21. The summed E-state index contributed by atoms with van der Waals surface area (Å²) < 4.78 is 20.5. The van der Waals surface area contributed by atoms with Crippen LogP contribution in [-0.4, -0.2) is 81.3 Å². The first-order chi connectivity index (χ1) is 22.9. The molecular formula is C35H36FN9O2. The van der Waals surface area contributed by atoms with E-state index in [9.17, 15) is 9.18 Å². The largest absolute Gasteiger partial charge is 0.492 e. The van der Waals surface area contributed by atoms with Crippen molar-refractivity contribution in [3.05, 3.63) is 72.9 Å². The van der Waals surface area contributed by atoms with Gasteiger partial charge in [0.25, 0.3) is 0 Å². The molecule has 11 nitrogen and oxygen atoms in total. The topological polar surface area (TPSA) is 137 Å². The Balaban J connectivity index is 1.16. The van der Waals surface area contributed by atoms with Crippen molar-refractivity contribution in [1.29, 1.82) is 0 Å². The summed E-state index contributed by atoms with van der Waals surface area (Å²) in [6.07, 6.45) is 7.59. The van der Waals surface area contributed by atoms with E-state index in [1.807, 2.05) is 55.4 Å². The van der Waals surface area contributed by atoms with Crippen molar-refractivity contribution in [3.63, 3.8) is 0 Å². The number of nitrogens with one attached hydrogen (secondary N) is 4. The first kappa shape index (κ1) is 30.5. The highest BCUT2D eigenvalue weighted by molar-refractivity contribution is 5.99. The molecule has 5 aromatic heterocycles. The zero-order valence-electron chi connectivity index (χ0n) is 26.3. The average Bonchev–Trinajstić information content (AvgIpc) is 3.69. The molecule has 1 aromatic carbocycles. The Morgan fingerprint density at radius 2 is 1.94 bits per heavy atom. The second-order valence-electron chi connectivity index (χ2n) is 12.2. The van der Waals surface area contributed by atoms with Gasteiger partial charge in [-0.15, -0.1) is 0 Å². The van der Waals surface area contributed by atoms with Gasteiger partial charge in [0.05, 0.1) is 28.8 Å². The number of piperidine rings is 1. The van der Waals surface area contributed by atoms with Crippen LogP contribution in [0.4, 0.5) is 10.1 Å². The van der Waals surface area contributed by atoms with E-state index in [0.29, 0.717) is 64.2 Å². The van der Waals surface area contributed by atoms with Crippen molar-refractivity contribution in [2.75, 3.05) is 45.7 Å². The van der Waals surface area contributed by atoms with Crippen LogP contribution in [0.1, 0.15) is 19.3 Å². The molecule has 0 unspecified atom stereocenters. The molecule has 4 N–H and O–H groups in total. The Morgan fingerprint density at radius 3 is 2.79 bits per heavy atom. The number of nitrogens with zero attached hydrogens (tertiary/aromatic N) is 5. The Bertz CT molecular complexity index is 2050. The SMILES string of the molecule is CN(C)CCOc1cc(F)cc(-c2ccnc3[nH]c(-c4n[nH]c5ccc(-c6cncc(NC(=O)CC7CCNCC7)c6)nc45)cc23)c1. The van der Waals surface area contributed by atoms with Gasteiger partial charge in [-0.25, -0.2) is 14.4 Å². The number of rotatable bonds is 10. The molecule has 1 fully saturated rings. The number of aromatic amines is 2. The van der Waals surface area contributed by atoms with Crippen molar-refractivity contribution >= 4 is 33.7 Å². The summed E-state index contributed by atoms with van der Waals surface area (Å²) in [6, 6.07) is 14.3. The van der Waals surface area contributed by atoms with Gasteiger partial charge in [-0.2, -0.15) is 5.10 Å². The summed E-state index contributed by atoms with van der Waals surface area (Å²) in [7, 11) is 3.93. The molecule has 1 aliphatic heterocycles. The fourth-order valence-electron chi connectivity index (χ4n) is 6.01. The van der Waals surface area contributed by atoms with Gasteiger partial charge in [-0.05, 0) is 99.5 Å². The number of ether oxygens (including phenoxy) is 1. The number of fused-ring (bicyclic) bond motifs is 2. The van der Waals surface area contributed by atoms with E-state index >= 15 is 0 Å². The summed E-state index contributed by atoms with van der Waals surface area (Å²) in [4.78, 5) is 32.0. The van der Waals surface area contributed by atoms with Crippen LogP contribution in [0.3, 0.4) is 0 Å². The fourth-order valence-corrected chi connectivity index (χ4v) is 6.01. The van der Waals surface area contributed by atoms with Gasteiger partial charge in [0.1, 0.15) is 35.0 Å². The molecule has 7 rings (SSSR count). The minimum atomic E-state index is -0.377. The summed E-state index contributed by atoms with van der Waals surface area (Å²) in [6.45, 7) is 3.08. The van der Waals surface area contributed by atoms with Crippen LogP contribution in [0.25, 0.3) is 55.8 Å². The highest BCUT2D eigenvalue weighted by Gasteiger charge is 2.19. The monoisotopic (exact) mass is 633 g/mol. The van der Waals surface area contributed by atoms with Crippen LogP contribution in [0, 0.1) is 11.7 Å². The van der Waals surface area contributed by atoms with E-state index in [-0.39, 0.29) is 11.7 Å². The number of amides is 1. The van der Waals surface area contributed by atoms with Crippen LogP contribution in [-0.2, 0) is 4.79 Å². The lowest BCUT2D eigenvalue weighted by atomic mass is 9.94. The predicted octanol–water partition coefficient (Wildman–Crippen LogP) is 5.64. The number of likely N-dealkylation sites (N-methyl/N-ethyl adjacent to an activating group) is 1. The van der Waals surface area contributed by atoms with E-state index in [1.54, 1.807) is 18.6 Å². The number of H-pyrrole nitrogens is 2. The summed E-state index contributed by atoms with van der Waals surface area (Å²) in [5.74, 6) is 0.482. The Labute approximate surface area is 271 Å². The number of halogens is 1. The summed E-state index contributed by atoms with van der Waals surface area (Å²) >= 11 is 0. The summed E-state index contributed by atoms with van der Waals surface area (Å²) in [5.41, 5.74) is 7.00. The van der Waals surface area contributed by atoms with Gasteiger partial charge in [0, 0.05) is 42.4 Å². The molecule has 0 aliphatic carbocycles. The molecule has 6 aromatic rings. The molecule has 47 heavy (non-hydrogen) atoms. The Kier molecular flexibility index (Phi) is 8.60. The Morgan fingerprint density at radius 1 is 1.06 bits per heavy atom. The maximum Gasteiger partial charge on any atom is 0.224 e. The second-order valence-corrected chi connectivity index (χ2v) is 12.2. The second kappa shape index (κ2) is 13.3. The van der Waals surface area contributed by atoms with Gasteiger partial charge in [0.2, 0.25) is 5.91 Å². The van der Waals surface area contributed by atoms with Crippen LogP contribution >= 0.6 is 0 Å². The molecule has 0 atom stereocenters. The highest BCUT2D eigenvalue weighted by Crippen LogP contribution is 2.35. The van der Waals surface area contributed by atoms with Crippen molar-refractivity contribution < 1.29 is 13.9 Å². The standard InChI is InChI=1S/C35H36FN9O2/c1-45(2)11-12-47-26-16-22(14-24(36)17-26)27-7-10-39-35-28(27)18-31(42-35)34-33-30(43-44-34)4-3-29(41-33)23-15-25(20-38-19-23)40-32(46)13-21-5-8-37-9-6-21/h3-4,7,10,14-21,37H,5-6,8-9,11-13H2,1-2H3,(H,39,42)(H,40,46)(H,43,44). The molecule has 12 heteroatoms. The molecule has 1 saturated heterocycles. The van der Waals surface area contributed by atoms with Gasteiger partial charge in [-0.1, -0.05) is 0 Å². The zero-order valence-corrected chi connectivity index (χ0v) is 26.3. The van der Waals surface area contributed by atoms with E-state index in [0.717, 1.165) is 54.5 Å². The van der Waals surface area contributed by atoms with Gasteiger partial charge in [0.15, 0.2) is 0 Å². The van der Waals surface area contributed by atoms with Crippen LogP contribution in [0.2, 0.25) is 0 Å². The average molecular weight is 634 g/mol. The lowest BCUT2D eigenvalue weighted by molar-refractivity contribution is -0.117. The van der Waals surface area contributed by atoms with E-state index in [2.05, 4.69) is 35.8 Å². The quantitative estimate of drug-likeness (QED) is 0.152. The van der Waals surface area contributed by atoms with Gasteiger partial charge >= 0.3 is 0 Å². The molecule has 1 amide bonds. The molecule has 240 valence electrons. The zero-order chi connectivity index (χ0) is 32.3. The van der Waals surface area contributed by atoms with Crippen LogP contribution < -0.4 is 15.4 Å². The number of hydrogen-bond donors (Lipinski definition) is 4. The number of pyridine rings is 3. The molecule has 0 spiro atoms. The third-order valence-corrected chi connectivity index (χ3v) is 8.43. The van der Waals surface area contributed by atoms with Crippen LogP contribution in [0.15, 0.2) is 67.1 Å². The van der Waals surface area contributed by atoms with Crippen molar-refractivity contribution in [2.24, 2.45) is 5.92 Å². The first-order valence-corrected chi connectivity index (χ1v) is 15.8. The molecule has 6 heterocycles. The third-order valence-electron chi connectivity index (χ3n) is 8.43.